The Hall–Kier alpha value is -0.0800. The van der Waals surface area contributed by atoms with E-state index in [2.05, 4.69) is 0 Å². The minimum absolute atomic E-state index is 0. The second-order valence-corrected chi connectivity index (χ2v) is 1.57. The molecule has 0 aliphatic carbocycles. The minimum atomic E-state index is -0.301. The Labute approximate surface area is 88.0 Å². The first-order valence-electron chi connectivity index (χ1n) is 2.60. The summed E-state index contributed by atoms with van der Waals surface area (Å²) < 4.78 is 0. The summed E-state index contributed by atoms with van der Waals surface area (Å²) in [7, 11) is 0. The van der Waals surface area contributed by atoms with E-state index in [0.29, 0.717) is 6.42 Å². The van der Waals surface area contributed by atoms with Crippen LogP contribution in [-0.4, -0.2) is 22.9 Å². The summed E-state index contributed by atoms with van der Waals surface area (Å²) in [5.74, 6) is 0. The van der Waals surface area contributed by atoms with Gasteiger partial charge in [-0.3, -0.25) is 0 Å². The highest BCUT2D eigenvalue weighted by molar-refractivity contribution is 4.47. The van der Waals surface area contributed by atoms with E-state index in [9.17, 15) is 0 Å². The monoisotopic (exact) mass is 200 g/mol. The van der Waals surface area contributed by atoms with Crippen LogP contribution in [0.1, 0.15) is 64.3 Å². The second-order valence-electron chi connectivity index (χ2n) is 1.57. The Kier molecular flexibility index (Phi) is 163. The van der Waals surface area contributed by atoms with Crippen LogP contribution in [0.25, 0.3) is 0 Å². The highest BCUT2D eigenvalue weighted by atomic mass is 16.3. The summed E-state index contributed by atoms with van der Waals surface area (Å²) in [6.45, 7) is 1.98. The molecule has 1 unspecified atom stereocenters. The van der Waals surface area contributed by atoms with Crippen molar-refractivity contribution in [3.8, 4) is 0 Å². The highest BCUT2D eigenvalue weighted by Gasteiger charge is 1.95. The van der Waals surface area contributed by atoms with Gasteiger partial charge in [-0.15, -0.1) is 0 Å². The normalized spacial score (nSPS) is 7.62. The zero-order valence-corrected chi connectivity index (χ0v) is 4.59. The van der Waals surface area contributed by atoms with Crippen molar-refractivity contribution < 1.29 is 10.2 Å². The molecule has 0 aliphatic rings. The number of aliphatic hydroxyl groups excluding tert-OH is 2. The molecule has 0 saturated heterocycles. The molecule has 13 heavy (non-hydrogen) atoms. The van der Waals surface area contributed by atoms with Gasteiger partial charge in [-0.25, -0.2) is 0 Å². The van der Waals surface area contributed by atoms with Crippen LogP contribution in [0.2, 0.25) is 0 Å². The summed E-state index contributed by atoms with van der Waals surface area (Å²) in [5, 5.41) is 16.9. The van der Waals surface area contributed by atoms with Gasteiger partial charge in [0, 0.05) is 6.61 Å². The highest BCUT2D eigenvalue weighted by Crippen LogP contribution is 1.92. The fourth-order valence-corrected chi connectivity index (χ4v) is 0.353. The summed E-state index contributed by atoms with van der Waals surface area (Å²) in [4.78, 5) is 0. The van der Waals surface area contributed by atoms with Gasteiger partial charge in [-0.2, -0.15) is 0 Å². The summed E-state index contributed by atoms with van der Waals surface area (Å²) in [5.41, 5.74) is 0. The predicted molar refractivity (Wildman–Crippen MR) is 68.4 cm³/mol. The molecule has 0 spiro atoms. The number of hydrogen-bond donors (Lipinski definition) is 2. The molecular formula is C11H36O2. The first-order valence-corrected chi connectivity index (χ1v) is 2.60. The lowest BCUT2D eigenvalue weighted by Crippen LogP contribution is -2.05. The molecule has 0 rings (SSSR count). The SMILES string of the molecule is C.C.C.C.C.C.CCC(O)CCO. The number of hydrogen-bond acceptors (Lipinski definition) is 2. The first kappa shape index (κ1) is 52.4. The largest absolute Gasteiger partial charge is 0.396 e. The standard InChI is InChI=1S/C5H12O2.6CH4/c1-2-5(7)3-4-6;;;;;;/h5-7H,2-4H2,1H3;6*1H4. The Morgan fingerprint density at radius 1 is 0.923 bits per heavy atom. The van der Waals surface area contributed by atoms with Crippen LogP contribution in [0, 0.1) is 0 Å². The maximum Gasteiger partial charge on any atom is 0.0559 e. The van der Waals surface area contributed by atoms with Crippen molar-refractivity contribution in [2.45, 2.75) is 70.4 Å². The predicted octanol–water partition coefficient (Wildman–Crippen LogP) is 3.96. The van der Waals surface area contributed by atoms with E-state index >= 15 is 0 Å². The fraction of sp³-hybridized carbons (Fsp3) is 1.00. The van der Waals surface area contributed by atoms with Gasteiger partial charge in [0.2, 0.25) is 0 Å². The quantitative estimate of drug-likeness (QED) is 0.724. The lowest BCUT2D eigenvalue weighted by atomic mass is 10.2. The molecule has 2 nitrogen and oxygen atoms in total. The zero-order chi connectivity index (χ0) is 5.70. The molecule has 1 atom stereocenters. The van der Waals surface area contributed by atoms with Crippen LogP contribution in [0.4, 0.5) is 0 Å². The van der Waals surface area contributed by atoms with E-state index in [1.165, 1.54) is 0 Å². The van der Waals surface area contributed by atoms with E-state index in [1.54, 1.807) is 0 Å². The van der Waals surface area contributed by atoms with Gasteiger partial charge < -0.3 is 10.2 Å². The van der Waals surface area contributed by atoms with E-state index in [1.807, 2.05) is 6.92 Å². The third-order valence-electron chi connectivity index (χ3n) is 0.934. The topological polar surface area (TPSA) is 40.5 Å². The number of aliphatic hydroxyl groups is 2. The van der Waals surface area contributed by atoms with Crippen molar-refractivity contribution in [3.05, 3.63) is 0 Å². The lowest BCUT2D eigenvalue weighted by Gasteiger charge is -2.01. The molecule has 2 N–H and O–H groups in total. The molecule has 0 aromatic rings. The smallest absolute Gasteiger partial charge is 0.0559 e. The van der Waals surface area contributed by atoms with Gasteiger partial charge in [0.25, 0.3) is 0 Å². The third kappa shape index (κ3) is 48.5. The van der Waals surface area contributed by atoms with Crippen LogP contribution < -0.4 is 0 Å². The van der Waals surface area contributed by atoms with E-state index < -0.39 is 0 Å². The summed E-state index contributed by atoms with van der Waals surface area (Å²) in [6, 6.07) is 0. The number of rotatable bonds is 3. The second kappa shape index (κ2) is 40.6. The van der Waals surface area contributed by atoms with Crippen molar-refractivity contribution >= 4 is 0 Å². The maximum absolute atomic E-state index is 8.70. The van der Waals surface area contributed by atoms with Gasteiger partial charge >= 0.3 is 0 Å². The molecule has 0 fully saturated rings. The van der Waals surface area contributed by atoms with Gasteiger partial charge in [0.05, 0.1) is 6.10 Å². The third-order valence-corrected chi connectivity index (χ3v) is 0.934. The van der Waals surface area contributed by atoms with Crippen LogP contribution in [0.5, 0.6) is 0 Å². The molecule has 0 aliphatic heterocycles. The van der Waals surface area contributed by atoms with E-state index in [-0.39, 0.29) is 57.3 Å². The van der Waals surface area contributed by atoms with Crippen LogP contribution >= 0.6 is 0 Å². The van der Waals surface area contributed by atoms with Crippen molar-refractivity contribution in [1.29, 1.82) is 0 Å². The van der Waals surface area contributed by atoms with Crippen LogP contribution in [-0.2, 0) is 0 Å². The molecule has 0 saturated carbocycles. The fourth-order valence-electron chi connectivity index (χ4n) is 0.353. The van der Waals surface area contributed by atoms with Crippen LogP contribution in [0.15, 0.2) is 0 Å². The van der Waals surface area contributed by atoms with E-state index in [0.717, 1.165) is 6.42 Å². The first-order chi connectivity index (χ1) is 3.31. The molecule has 92 valence electrons. The molecule has 2 heteroatoms. The van der Waals surface area contributed by atoms with Gasteiger partial charge in [0.1, 0.15) is 0 Å². The summed E-state index contributed by atoms with van der Waals surface area (Å²) in [6.07, 6.45) is 0.946. The Morgan fingerprint density at radius 3 is 1.31 bits per heavy atom. The average molecular weight is 200 g/mol. The molecule has 0 heterocycles. The molecule has 0 bridgehead atoms. The summed E-state index contributed by atoms with van der Waals surface area (Å²) >= 11 is 0. The van der Waals surface area contributed by atoms with Crippen molar-refractivity contribution in [1.82, 2.24) is 0 Å². The van der Waals surface area contributed by atoms with Gasteiger partial charge in [0.15, 0.2) is 0 Å². The van der Waals surface area contributed by atoms with E-state index in [4.69, 9.17) is 10.2 Å². The molecular weight excluding hydrogens is 164 g/mol. The van der Waals surface area contributed by atoms with Crippen LogP contribution in [0.3, 0.4) is 0 Å². The lowest BCUT2D eigenvalue weighted by molar-refractivity contribution is 0.129. The maximum atomic E-state index is 8.70. The molecule has 0 radical (unpaired) electrons. The average Bonchev–Trinajstić information content (AvgIpc) is 1.68. The van der Waals surface area contributed by atoms with Crippen molar-refractivity contribution in [3.63, 3.8) is 0 Å². The Morgan fingerprint density at radius 2 is 1.23 bits per heavy atom. The Balaban J connectivity index is -0.0000000120. The minimum Gasteiger partial charge on any atom is -0.396 e. The molecule has 0 aromatic heterocycles. The van der Waals surface area contributed by atoms with Crippen molar-refractivity contribution in [2.75, 3.05) is 6.61 Å². The van der Waals surface area contributed by atoms with Gasteiger partial charge in [-0.05, 0) is 12.8 Å². The molecule has 0 aromatic carbocycles. The van der Waals surface area contributed by atoms with Gasteiger partial charge in [-0.1, -0.05) is 51.5 Å². The molecule has 0 amide bonds. The van der Waals surface area contributed by atoms with Crippen molar-refractivity contribution in [2.24, 2.45) is 0 Å². The zero-order valence-electron chi connectivity index (χ0n) is 4.59. The Bertz CT molecular complexity index is 39.1.